The molecule has 0 bridgehead atoms. The van der Waals surface area contributed by atoms with Gasteiger partial charge in [0.1, 0.15) is 0 Å². The third kappa shape index (κ3) is 12.0. The molecule has 0 aromatic rings. The fourth-order valence-electron chi connectivity index (χ4n) is 2.15. The molecule has 0 spiro atoms. The highest BCUT2D eigenvalue weighted by Gasteiger charge is 2.12. The molecule has 0 heterocycles. The zero-order chi connectivity index (χ0) is 16.3. The predicted octanol–water partition coefficient (Wildman–Crippen LogP) is 1.41. The SMILES string of the molecule is CCNC(=NCCN(C(C)C)C(C)C)NCCNC(C)=O.I. The second kappa shape index (κ2) is 14.0. The van der Waals surface area contributed by atoms with E-state index in [0.717, 1.165) is 25.6 Å². The first-order chi connectivity index (χ1) is 9.88. The Kier molecular flexibility index (Phi) is 15.1. The molecular weight excluding hydrogens is 393 g/mol. The van der Waals surface area contributed by atoms with Crippen molar-refractivity contribution in [2.75, 3.05) is 32.7 Å². The maximum atomic E-state index is 10.8. The number of rotatable bonds is 9. The zero-order valence-electron chi connectivity index (χ0n) is 14.9. The van der Waals surface area contributed by atoms with E-state index in [2.05, 4.69) is 53.5 Å². The molecule has 0 aliphatic heterocycles. The summed E-state index contributed by atoms with van der Waals surface area (Å²) in [4.78, 5) is 17.8. The van der Waals surface area contributed by atoms with Crippen LogP contribution in [0.15, 0.2) is 4.99 Å². The minimum absolute atomic E-state index is 0. The molecule has 0 fully saturated rings. The number of hydrogen-bond acceptors (Lipinski definition) is 3. The molecule has 0 aromatic heterocycles. The Hall–Kier alpha value is -0.570. The van der Waals surface area contributed by atoms with Crippen LogP contribution in [0.3, 0.4) is 0 Å². The van der Waals surface area contributed by atoms with Gasteiger partial charge in [-0.2, -0.15) is 0 Å². The van der Waals surface area contributed by atoms with Gasteiger partial charge in [-0.25, -0.2) is 0 Å². The van der Waals surface area contributed by atoms with Crippen molar-refractivity contribution in [1.82, 2.24) is 20.9 Å². The molecule has 3 N–H and O–H groups in total. The Morgan fingerprint density at radius 3 is 2.05 bits per heavy atom. The van der Waals surface area contributed by atoms with E-state index in [1.807, 2.05) is 6.92 Å². The largest absolute Gasteiger partial charge is 0.357 e. The topological polar surface area (TPSA) is 68.8 Å². The molecule has 0 aliphatic carbocycles. The summed E-state index contributed by atoms with van der Waals surface area (Å²) in [5, 5.41) is 9.18. The lowest BCUT2D eigenvalue weighted by atomic mass is 10.2. The van der Waals surface area contributed by atoms with Gasteiger partial charge in [0.05, 0.1) is 6.54 Å². The smallest absolute Gasteiger partial charge is 0.216 e. The maximum Gasteiger partial charge on any atom is 0.216 e. The molecule has 22 heavy (non-hydrogen) atoms. The van der Waals surface area contributed by atoms with E-state index >= 15 is 0 Å². The summed E-state index contributed by atoms with van der Waals surface area (Å²) in [6.45, 7) is 16.2. The fourth-order valence-corrected chi connectivity index (χ4v) is 2.15. The first-order valence-corrected chi connectivity index (χ1v) is 7.90. The van der Waals surface area contributed by atoms with Crippen LogP contribution in [0.1, 0.15) is 41.5 Å². The summed E-state index contributed by atoms with van der Waals surface area (Å²) in [6.07, 6.45) is 0. The van der Waals surface area contributed by atoms with Gasteiger partial charge < -0.3 is 16.0 Å². The lowest BCUT2D eigenvalue weighted by molar-refractivity contribution is -0.118. The Balaban J connectivity index is 0. The fraction of sp³-hybridized carbons (Fsp3) is 0.867. The normalized spacial score (nSPS) is 11.6. The number of carbonyl (C=O) groups is 1. The first kappa shape index (κ1) is 23.7. The number of guanidine groups is 1. The number of carbonyl (C=O) groups excluding carboxylic acids is 1. The summed E-state index contributed by atoms with van der Waals surface area (Å²) < 4.78 is 0. The molecule has 1 amide bonds. The molecule has 6 nitrogen and oxygen atoms in total. The van der Waals surface area contributed by atoms with Crippen LogP contribution in [-0.4, -0.2) is 61.6 Å². The molecule has 0 unspecified atom stereocenters. The van der Waals surface area contributed by atoms with E-state index in [1.54, 1.807) is 0 Å². The summed E-state index contributed by atoms with van der Waals surface area (Å²) in [7, 11) is 0. The lowest BCUT2D eigenvalue weighted by Crippen LogP contribution is -2.42. The van der Waals surface area contributed by atoms with Crippen molar-refractivity contribution in [2.45, 2.75) is 53.6 Å². The van der Waals surface area contributed by atoms with Crippen LogP contribution < -0.4 is 16.0 Å². The first-order valence-electron chi connectivity index (χ1n) is 7.90. The van der Waals surface area contributed by atoms with Crippen LogP contribution in [0, 0.1) is 0 Å². The molecule has 7 heteroatoms. The Morgan fingerprint density at radius 1 is 1.05 bits per heavy atom. The highest BCUT2D eigenvalue weighted by Crippen LogP contribution is 2.03. The minimum Gasteiger partial charge on any atom is -0.357 e. The molecule has 0 aromatic carbocycles. The Labute approximate surface area is 152 Å². The maximum absolute atomic E-state index is 10.8. The van der Waals surface area contributed by atoms with Gasteiger partial charge in [0.25, 0.3) is 0 Å². The van der Waals surface area contributed by atoms with E-state index in [4.69, 9.17) is 0 Å². The van der Waals surface area contributed by atoms with Gasteiger partial charge in [0.15, 0.2) is 5.96 Å². The Morgan fingerprint density at radius 2 is 1.59 bits per heavy atom. The van der Waals surface area contributed by atoms with E-state index < -0.39 is 0 Å². The number of halogens is 1. The van der Waals surface area contributed by atoms with Crippen molar-refractivity contribution < 1.29 is 4.79 Å². The van der Waals surface area contributed by atoms with Gasteiger partial charge in [-0.1, -0.05) is 0 Å². The molecule has 0 rings (SSSR count). The third-order valence-corrected chi connectivity index (χ3v) is 3.09. The molecule has 0 atom stereocenters. The third-order valence-electron chi connectivity index (χ3n) is 3.09. The van der Waals surface area contributed by atoms with Crippen LogP contribution in [0.5, 0.6) is 0 Å². The van der Waals surface area contributed by atoms with Crippen LogP contribution in [-0.2, 0) is 4.79 Å². The molecule has 0 saturated heterocycles. The lowest BCUT2D eigenvalue weighted by Gasteiger charge is -2.29. The van der Waals surface area contributed by atoms with Gasteiger partial charge in [0.2, 0.25) is 5.91 Å². The van der Waals surface area contributed by atoms with Crippen molar-refractivity contribution in [2.24, 2.45) is 4.99 Å². The standard InChI is InChI=1S/C15H33N5O.HI/c1-7-16-15(18-9-8-17-14(6)21)19-10-11-20(12(2)3)13(4)5;/h12-13H,7-11H2,1-6H3,(H,17,21)(H2,16,18,19);1H. The second-order valence-electron chi connectivity index (χ2n) is 5.60. The number of nitrogens with zero attached hydrogens (tertiary/aromatic N) is 2. The number of aliphatic imine (C=N–C) groups is 1. The minimum atomic E-state index is -0.0109. The highest BCUT2D eigenvalue weighted by atomic mass is 127. The number of nitrogens with one attached hydrogen (secondary N) is 3. The zero-order valence-corrected chi connectivity index (χ0v) is 17.2. The quantitative estimate of drug-likeness (QED) is 0.225. The average molecular weight is 427 g/mol. The van der Waals surface area contributed by atoms with Gasteiger partial charge in [0, 0.05) is 45.2 Å². The molecule has 0 aliphatic rings. The van der Waals surface area contributed by atoms with E-state index in [1.165, 1.54) is 6.92 Å². The van der Waals surface area contributed by atoms with Crippen LogP contribution in [0.25, 0.3) is 0 Å². The van der Waals surface area contributed by atoms with Gasteiger partial charge in [-0.3, -0.25) is 14.7 Å². The van der Waals surface area contributed by atoms with Crippen LogP contribution in [0.4, 0.5) is 0 Å². The number of amides is 1. The second-order valence-corrected chi connectivity index (χ2v) is 5.60. The Bertz CT molecular complexity index is 313. The molecule has 0 radical (unpaired) electrons. The van der Waals surface area contributed by atoms with E-state index in [-0.39, 0.29) is 29.9 Å². The number of hydrogen-bond donors (Lipinski definition) is 3. The summed E-state index contributed by atoms with van der Waals surface area (Å²) in [6, 6.07) is 1.05. The van der Waals surface area contributed by atoms with Crippen molar-refractivity contribution in [3.8, 4) is 0 Å². The van der Waals surface area contributed by atoms with Gasteiger partial charge >= 0.3 is 0 Å². The molecule has 132 valence electrons. The van der Waals surface area contributed by atoms with Gasteiger partial charge in [-0.05, 0) is 34.6 Å². The average Bonchev–Trinajstić information content (AvgIpc) is 2.38. The van der Waals surface area contributed by atoms with Crippen molar-refractivity contribution in [3.05, 3.63) is 0 Å². The van der Waals surface area contributed by atoms with Crippen molar-refractivity contribution in [3.63, 3.8) is 0 Å². The summed E-state index contributed by atoms with van der Waals surface area (Å²) >= 11 is 0. The summed E-state index contributed by atoms with van der Waals surface area (Å²) in [5.41, 5.74) is 0. The molecular formula is C15H34IN5O. The van der Waals surface area contributed by atoms with Crippen molar-refractivity contribution >= 4 is 35.8 Å². The van der Waals surface area contributed by atoms with Gasteiger partial charge in [-0.15, -0.1) is 24.0 Å². The highest BCUT2D eigenvalue weighted by molar-refractivity contribution is 14.0. The van der Waals surface area contributed by atoms with E-state index in [0.29, 0.717) is 25.2 Å². The van der Waals surface area contributed by atoms with Crippen LogP contribution in [0.2, 0.25) is 0 Å². The van der Waals surface area contributed by atoms with E-state index in [9.17, 15) is 4.79 Å². The monoisotopic (exact) mass is 427 g/mol. The van der Waals surface area contributed by atoms with Crippen molar-refractivity contribution in [1.29, 1.82) is 0 Å². The predicted molar refractivity (Wildman–Crippen MR) is 105 cm³/mol. The molecule has 0 saturated carbocycles. The van der Waals surface area contributed by atoms with Crippen LogP contribution >= 0.6 is 24.0 Å². The summed E-state index contributed by atoms with van der Waals surface area (Å²) in [5.74, 6) is 0.790.